The second-order valence-corrected chi connectivity index (χ2v) is 17.7. The second-order valence-electron chi connectivity index (χ2n) is 14.7. The number of aliphatic hydroxyl groups excluding tert-OH is 4. The van der Waals surface area contributed by atoms with Crippen molar-refractivity contribution in [1.29, 1.82) is 0 Å². The number of anilines is 2. The molecular weight excluding hydrogens is 850 g/mol. The number of fused-ring (bicyclic) bond motifs is 1. The average Bonchev–Trinajstić information content (AvgIpc) is 3.24. The van der Waals surface area contributed by atoms with Gasteiger partial charge < -0.3 is 55.5 Å². The summed E-state index contributed by atoms with van der Waals surface area (Å²) in [4.78, 5) is 15.5. The Morgan fingerprint density at radius 3 is 2.27 bits per heavy atom. The third-order valence-electron chi connectivity index (χ3n) is 10.5. The Balaban J connectivity index is 0.00000241. The Hall–Kier alpha value is -2.09. The molecule has 2 aliphatic rings. The smallest absolute Gasteiger partial charge is 0.726 e. The van der Waals surface area contributed by atoms with Crippen LogP contribution in [0.1, 0.15) is 69.1 Å². The quantitative estimate of drug-likeness (QED) is 0.0672. The van der Waals surface area contributed by atoms with Gasteiger partial charge in [0.2, 0.25) is 10.4 Å². The normalized spacial score (nSPS) is 25.7. The van der Waals surface area contributed by atoms with E-state index < -0.39 is 81.0 Å². The Kier molecular flexibility index (Phi) is 21.7. The predicted molar refractivity (Wildman–Crippen MR) is 219 cm³/mol. The van der Waals surface area contributed by atoms with Crippen molar-refractivity contribution >= 4 is 37.6 Å². The van der Waals surface area contributed by atoms with Gasteiger partial charge >= 0.3 is 57.4 Å². The molecule has 0 spiro atoms. The first-order chi connectivity index (χ1) is 27.4. The zero-order valence-corrected chi connectivity index (χ0v) is 39.6. The molecule has 3 aromatic carbocycles. The summed E-state index contributed by atoms with van der Waals surface area (Å²) in [6, 6.07) is 19.7. The first-order valence-corrected chi connectivity index (χ1v) is 22.2. The molecule has 8 N–H and O–H groups in total. The SMILES string of the molecule is CCCC[C@]1(CC)CS(=O)(=O)c2ccc(N(C)C)cc2C(c2cccc(NC(=O)NC3OC(COS(=O)(=O)[O-])C(O)C(OCc4ccccc4)C3O)c2)C1O.CCO.O.[K+]. The third-order valence-corrected chi connectivity index (χ3v) is 12.9. The molecule has 0 bridgehead atoms. The molecular formula is C40H58KN3O14S2. The van der Waals surface area contributed by atoms with Crippen LogP contribution in [-0.2, 0) is 40.5 Å². The van der Waals surface area contributed by atoms with E-state index in [4.69, 9.17) is 14.6 Å². The van der Waals surface area contributed by atoms with E-state index in [1.807, 2.05) is 32.8 Å². The van der Waals surface area contributed by atoms with Crippen LogP contribution < -0.4 is 66.9 Å². The first-order valence-electron chi connectivity index (χ1n) is 19.2. The number of hydrogen-bond donors (Lipinski definition) is 6. The predicted octanol–water partition coefficient (Wildman–Crippen LogP) is -0.572. The molecule has 0 radical (unpaired) electrons. The standard InChI is InChI=1S/C38H51N3O12S2.C2H6O.K.H2O/c1-5-7-18-38(6-2)23-54(46,47)30-17-16-27(41(3)4)20-28(30)31(35(38)44)25-14-11-15-26(19-25)39-37(45)40-36-33(43)34(51-21-24-12-9-8-10-13-24)32(42)29(53-36)22-52-55(48,49)50;1-2-3;;/h8-17,19-20,29,31-36,42-44H,5-7,18,21-23H2,1-4H3,(H2,39,40,45)(H,48,49,50);3H,2H2,1H3;;1H2/q;;+1;/p-1/t29?,31?,32?,33?,34?,35?,36?,38-;;;/m1.../s1. The molecule has 7 unspecified atom stereocenters. The summed E-state index contributed by atoms with van der Waals surface area (Å²) >= 11 is 0. The molecule has 60 heavy (non-hydrogen) atoms. The fourth-order valence-corrected chi connectivity index (χ4v) is 9.97. The molecule has 0 aromatic heterocycles. The van der Waals surface area contributed by atoms with Gasteiger partial charge in [-0.05, 0) is 66.8 Å². The summed E-state index contributed by atoms with van der Waals surface area (Å²) in [5.74, 6) is -1.01. The van der Waals surface area contributed by atoms with E-state index in [0.29, 0.717) is 29.5 Å². The number of unbranched alkanes of at least 4 members (excludes halogenated alkanes) is 1. The van der Waals surface area contributed by atoms with E-state index in [1.54, 1.807) is 79.7 Å². The molecule has 1 saturated heterocycles. The van der Waals surface area contributed by atoms with Crippen LogP contribution in [0.5, 0.6) is 0 Å². The largest absolute Gasteiger partial charge is 1.00 e. The number of hydrogen-bond acceptors (Lipinski definition) is 14. The molecule has 2 aliphatic heterocycles. The molecule has 5 rings (SSSR count). The van der Waals surface area contributed by atoms with E-state index in [1.165, 1.54) is 0 Å². The molecule has 8 atom stereocenters. The van der Waals surface area contributed by atoms with Crippen molar-refractivity contribution in [2.45, 2.75) is 101 Å². The van der Waals surface area contributed by atoms with Gasteiger partial charge in [0, 0.05) is 43.4 Å². The minimum Gasteiger partial charge on any atom is -0.726 e. The molecule has 20 heteroatoms. The summed E-state index contributed by atoms with van der Waals surface area (Å²) in [6.07, 6.45) is -6.46. The van der Waals surface area contributed by atoms with Crippen LogP contribution in [0.15, 0.2) is 77.7 Å². The van der Waals surface area contributed by atoms with Gasteiger partial charge in [0.1, 0.15) is 24.4 Å². The molecule has 17 nitrogen and oxygen atoms in total. The molecule has 3 aromatic rings. The summed E-state index contributed by atoms with van der Waals surface area (Å²) in [6.45, 7) is 4.85. The second kappa shape index (κ2) is 24.1. The topological polar surface area (TPSA) is 276 Å². The number of nitrogens with one attached hydrogen (secondary N) is 2. The van der Waals surface area contributed by atoms with Crippen molar-refractivity contribution in [2.75, 3.05) is 43.3 Å². The van der Waals surface area contributed by atoms with Crippen molar-refractivity contribution in [1.82, 2.24) is 5.32 Å². The fourth-order valence-electron chi connectivity index (χ4n) is 7.42. The number of ether oxygens (including phenoxy) is 2. The van der Waals surface area contributed by atoms with Crippen molar-refractivity contribution in [3.05, 3.63) is 89.5 Å². The van der Waals surface area contributed by atoms with Crippen molar-refractivity contribution in [2.24, 2.45) is 5.41 Å². The Morgan fingerprint density at radius 2 is 1.67 bits per heavy atom. The third kappa shape index (κ3) is 14.0. The number of nitrogens with zero attached hydrogens (tertiary/aromatic N) is 1. The number of sulfone groups is 1. The van der Waals surface area contributed by atoms with Gasteiger partial charge in [-0.1, -0.05) is 69.2 Å². The summed E-state index contributed by atoms with van der Waals surface area (Å²) < 4.78 is 77.4. The summed E-state index contributed by atoms with van der Waals surface area (Å²) in [5, 5.41) is 47.2. The fraction of sp³-hybridized carbons (Fsp3) is 0.525. The Bertz CT molecular complexity index is 2030. The summed E-state index contributed by atoms with van der Waals surface area (Å²) in [7, 11) is -5.33. The molecule has 2 amide bonds. The van der Waals surface area contributed by atoms with Gasteiger partial charge in [-0.3, -0.25) is 4.18 Å². The average molecular weight is 908 g/mol. The maximum Gasteiger partial charge on any atom is 1.00 e. The number of carbonyl (C=O) groups is 1. The van der Waals surface area contributed by atoms with Gasteiger partial charge in [-0.25, -0.2) is 21.6 Å². The van der Waals surface area contributed by atoms with Crippen LogP contribution >= 0.6 is 0 Å². The first kappa shape index (κ1) is 54.0. The zero-order valence-electron chi connectivity index (χ0n) is 34.9. The van der Waals surface area contributed by atoms with Gasteiger partial charge in [0.05, 0.1) is 30.0 Å². The van der Waals surface area contributed by atoms with Crippen LogP contribution in [0.2, 0.25) is 0 Å². The van der Waals surface area contributed by atoms with Crippen LogP contribution in [0, 0.1) is 5.41 Å². The van der Waals surface area contributed by atoms with Crippen LogP contribution in [-0.4, -0.2) is 123 Å². The van der Waals surface area contributed by atoms with E-state index in [9.17, 15) is 41.5 Å². The van der Waals surface area contributed by atoms with Crippen LogP contribution in [0.3, 0.4) is 0 Å². The summed E-state index contributed by atoms with van der Waals surface area (Å²) in [5.41, 5.74) is 1.74. The van der Waals surface area contributed by atoms with Gasteiger partial charge in [-0.2, -0.15) is 0 Å². The van der Waals surface area contributed by atoms with Gasteiger partial charge in [0.25, 0.3) is 0 Å². The van der Waals surface area contributed by atoms with Crippen molar-refractivity contribution in [3.63, 3.8) is 0 Å². The molecule has 0 saturated carbocycles. The minimum atomic E-state index is -5.18. The molecule has 0 aliphatic carbocycles. The van der Waals surface area contributed by atoms with Crippen molar-refractivity contribution < 1.29 is 117 Å². The number of carbonyl (C=O) groups excluding carboxylic acids is 1. The van der Waals surface area contributed by atoms with E-state index in [0.717, 1.165) is 18.5 Å². The molecule has 1 fully saturated rings. The van der Waals surface area contributed by atoms with E-state index in [-0.39, 0.29) is 86.4 Å². The number of aliphatic hydroxyl groups is 4. The van der Waals surface area contributed by atoms with Gasteiger partial charge in [-0.15, -0.1) is 0 Å². The van der Waals surface area contributed by atoms with Crippen LogP contribution in [0.4, 0.5) is 16.2 Å². The molecule has 2 heterocycles. The number of rotatable bonds is 14. The zero-order chi connectivity index (χ0) is 42.8. The van der Waals surface area contributed by atoms with E-state index >= 15 is 0 Å². The number of benzene rings is 3. The Morgan fingerprint density at radius 1 is 1.00 bits per heavy atom. The maximum atomic E-state index is 14.0. The van der Waals surface area contributed by atoms with Gasteiger partial charge in [0.15, 0.2) is 16.1 Å². The maximum absolute atomic E-state index is 14.0. The van der Waals surface area contributed by atoms with Crippen molar-refractivity contribution in [3.8, 4) is 0 Å². The number of amides is 2. The number of urea groups is 1. The minimum absolute atomic E-state index is 0. The molecule has 330 valence electrons. The van der Waals surface area contributed by atoms with E-state index in [2.05, 4.69) is 14.8 Å². The monoisotopic (exact) mass is 907 g/mol. The van der Waals surface area contributed by atoms with Crippen LogP contribution in [0.25, 0.3) is 0 Å². The Labute approximate surface area is 395 Å².